The third kappa shape index (κ3) is 4.47. The second-order valence-corrected chi connectivity index (χ2v) is 6.87. The van der Waals surface area contributed by atoms with Crippen molar-refractivity contribution in [2.45, 2.75) is 33.2 Å². The number of benzene rings is 1. The van der Waals surface area contributed by atoms with Gasteiger partial charge in [-0.05, 0) is 68.1 Å². The summed E-state index contributed by atoms with van der Waals surface area (Å²) in [4.78, 5) is 18.6. The van der Waals surface area contributed by atoms with Crippen LogP contribution in [0.4, 0.5) is 4.39 Å². The Labute approximate surface area is 154 Å². The molecular formula is C21H25FN2O2. The fraction of sp³-hybridized carbons (Fsp3) is 0.429. The molecular weight excluding hydrogens is 331 g/mol. The summed E-state index contributed by atoms with van der Waals surface area (Å²) >= 11 is 0. The quantitative estimate of drug-likeness (QED) is 0.760. The lowest BCUT2D eigenvalue weighted by atomic mass is 9.97. The van der Waals surface area contributed by atoms with Crippen molar-refractivity contribution in [3.05, 3.63) is 53.6 Å². The summed E-state index contributed by atoms with van der Waals surface area (Å²) in [5.74, 6) is -0.332. The maximum atomic E-state index is 13.5. The van der Waals surface area contributed by atoms with Crippen LogP contribution >= 0.6 is 0 Å². The van der Waals surface area contributed by atoms with E-state index in [0.29, 0.717) is 12.2 Å². The summed E-state index contributed by atoms with van der Waals surface area (Å²) in [6.45, 7) is 6.47. The number of hydrogen-bond donors (Lipinski definition) is 0. The maximum Gasteiger partial charge on any atom is 0.310 e. The van der Waals surface area contributed by atoms with Gasteiger partial charge in [-0.3, -0.25) is 14.7 Å². The van der Waals surface area contributed by atoms with Crippen LogP contribution in [-0.2, 0) is 16.1 Å². The monoisotopic (exact) mass is 356 g/mol. The second kappa shape index (κ2) is 8.41. The van der Waals surface area contributed by atoms with Crippen LogP contribution in [0, 0.1) is 18.7 Å². The van der Waals surface area contributed by atoms with Crippen LogP contribution in [-0.4, -0.2) is 35.5 Å². The van der Waals surface area contributed by atoms with E-state index in [1.54, 1.807) is 19.2 Å². The number of ether oxygens (including phenoxy) is 1. The number of nitrogens with zero attached hydrogens (tertiary/aromatic N) is 2. The van der Waals surface area contributed by atoms with Gasteiger partial charge in [-0.15, -0.1) is 0 Å². The average molecular weight is 356 g/mol. The van der Waals surface area contributed by atoms with E-state index < -0.39 is 0 Å². The number of esters is 1. The number of rotatable bonds is 5. The highest BCUT2D eigenvalue weighted by Crippen LogP contribution is 2.24. The van der Waals surface area contributed by atoms with Gasteiger partial charge in [0.1, 0.15) is 5.82 Å². The van der Waals surface area contributed by atoms with Gasteiger partial charge < -0.3 is 4.74 Å². The molecule has 2 aromatic rings. The molecule has 1 unspecified atom stereocenters. The standard InChI is InChI=1S/C21H25FN2O2/c1-3-26-21(25)18-5-4-8-24(14-18)13-16-10-19(12-23-11-16)17-6-7-20(22)15(2)9-17/h6-7,9-12,18H,3-5,8,13-14H2,1-2H3. The predicted octanol–water partition coefficient (Wildman–Crippen LogP) is 3.97. The number of piperidine rings is 1. The summed E-state index contributed by atoms with van der Waals surface area (Å²) in [5.41, 5.74) is 3.65. The minimum absolute atomic E-state index is 0.0420. The van der Waals surface area contributed by atoms with E-state index in [-0.39, 0.29) is 17.7 Å². The maximum absolute atomic E-state index is 13.5. The third-order valence-corrected chi connectivity index (χ3v) is 4.82. The van der Waals surface area contributed by atoms with Crippen molar-refractivity contribution >= 4 is 5.97 Å². The molecule has 0 N–H and O–H groups in total. The Morgan fingerprint density at radius 1 is 1.31 bits per heavy atom. The topological polar surface area (TPSA) is 42.4 Å². The smallest absolute Gasteiger partial charge is 0.310 e. The zero-order valence-corrected chi connectivity index (χ0v) is 15.4. The Morgan fingerprint density at radius 3 is 2.92 bits per heavy atom. The number of hydrogen-bond acceptors (Lipinski definition) is 4. The Balaban J connectivity index is 1.70. The molecule has 1 aliphatic rings. The number of halogens is 1. The molecule has 2 heterocycles. The van der Waals surface area contributed by atoms with E-state index in [0.717, 1.165) is 49.2 Å². The summed E-state index contributed by atoms with van der Waals surface area (Å²) in [6.07, 6.45) is 5.54. The van der Waals surface area contributed by atoms with Gasteiger partial charge in [0.25, 0.3) is 0 Å². The zero-order valence-electron chi connectivity index (χ0n) is 15.4. The predicted molar refractivity (Wildman–Crippen MR) is 99.0 cm³/mol. The van der Waals surface area contributed by atoms with E-state index >= 15 is 0 Å². The van der Waals surface area contributed by atoms with Crippen molar-refractivity contribution in [1.29, 1.82) is 0 Å². The molecule has 1 fully saturated rings. The number of aryl methyl sites for hydroxylation is 1. The first kappa shape index (κ1) is 18.5. The van der Waals surface area contributed by atoms with Crippen LogP contribution < -0.4 is 0 Å². The molecule has 4 nitrogen and oxygen atoms in total. The Bertz CT molecular complexity index is 778. The highest BCUT2D eigenvalue weighted by molar-refractivity contribution is 5.72. The average Bonchev–Trinajstić information content (AvgIpc) is 2.65. The molecule has 0 saturated carbocycles. The summed E-state index contributed by atoms with van der Waals surface area (Å²) in [5, 5.41) is 0. The van der Waals surface area contributed by atoms with Crippen molar-refractivity contribution in [1.82, 2.24) is 9.88 Å². The van der Waals surface area contributed by atoms with Gasteiger partial charge in [0.2, 0.25) is 0 Å². The second-order valence-electron chi connectivity index (χ2n) is 6.87. The van der Waals surface area contributed by atoms with Crippen LogP contribution in [0.5, 0.6) is 0 Å². The number of likely N-dealkylation sites (tertiary alicyclic amines) is 1. The SMILES string of the molecule is CCOC(=O)C1CCCN(Cc2cncc(-c3ccc(F)c(C)c3)c2)C1. The highest BCUT2D eigenvalue weighted by atomic mass is 19.1. The molecule has 26 heavy (non-hydrogen) atoms. The van der Waals surface area contributed by atoms with Crippen LogP contribution in [0.25, 0.3) is 11.1 Å². The zero-order chi connectivity index (χ0) is 18.5. The summed E-state index contributed by atoms with van der Waals surface area (Å²) in [6, 6.07) is 7.20. The fourth-order valence-corrected chi connectivity index (χ4v) is 3.47. The Morgan fingerprint density at radius 2 is 2.15 bits per heavy atom. The minimum atomic E-state index is -0.198. The van der Waals surface area contributed by atoms with Crippen molar-refractivity contribution in [3.8, 4) is 11.1 Å². The minimum Gasteiger partial charge on any atom is -0.466 e. The van der Waals surface area contributed by atoms with Crippen molar-refractivity contribution < 1.29 is 13.9 Å². The molecule has 1 aromatic heterocycles. The third-order valence-electron chi connectivity index (χ3n) is 4.82. The van der Waals surface area contributed by atoms with Gasteiger partial charge in [0, 0.05) is 31.0 Å². The molecule has 1 aliphatic heterocycles. The van der Waals surface area contributed by atoms with E-state index in [9.17, 15) is 9.18 Å². The summed E-state index contributed by atoms with van der Waals surface area (Å²) < 4.78 is 18.7. The van der Waals surface area contributed by atoms with Gasteiger partial charge in [0.05, 0.1) is 12.5 Å². The molecule has 0 spiro atoms. The van der Waals surface area contributed by atoms with Crippen LogP contribution in [0.3, 0.4) is 0 Å². The van der Waals surface area contributed by atoms with Crippen LogP contribution in [0.1, 0.15) is 30.9 Å². The number of carbonyl (C=O) groups is 1. The van der Waals surface area contributed by atoms with Gasteiger partial charge in [-0.2, -0.15) is 0 Å². The molecule has 1 saturated heterocycles. The molecule has 0 bridgehead atoms. The van der Waals surface area contributed by atoms with E-state index in [4.69, 9.17) is 4.74 Å². The largest absolute Gasteiger partial charge is 0.466 e. The molecule has 0 amide bonds. The Hall–Kier alpha value is -2.27. The van der Waals surface area contributed by atoms with Crippen molar-refractivity contribution in [3.63, 3.8) is 0 Å². The lowest BCUT2D eigenvalue weighted by molar-refractivity contribution is -0.150. The lowest BCUT2D eigenvalue weighted by Crippen LogP contribution is -2.38. The van der Waals surface area contributed by atoms with Gasteiger partial charge in [0.15, 0.2) is 0 Å². The van der Waals surface area contributed by atoms with Gasteiger partial charge in [-0.25, -0.2) is 4.39 Å². The lowest BCUT2D eigenvalue weighted by Gasteiger charge is -2.31. The van der Waals surface area contributed by atoms with Crippen LogP contribution in [0.2, 0.25) is 0 Å². The first-order valence-corrected chi connectivity index (χ1v) is 9.16. The molecule has 1 aromatic carbocycles. The first-order chi connectivity index (χ1) is 12.6. The normalized spacial score (nSPS) is 17.9. The highest BCUT2D eigenvalue weighted by Gasteiger charge is 2.26. The molecule has 1 atom stereocenters. The molecule has 3 rings (SSSR count). The van der Waals surface area contributed by atoms with E-state index in [1.807, 2.05) is 19.2 Å². The molecule has 5 heteroatoms. The number of carbonyl (C=O) groups excluding carboxylic acids is 1. The van der Waals surface area contributed by atoms with E-state index in [2.05, 4.69) is 16.0 Å². The molecule has 0 aliphatic carbocycles. The number of pyridine rings is 1. The van der Waals surface area contributed by atoms with Crippen molar-refractivity contribution in [2.24, 2.45) is 5.92 Å². The van der Waals surface area contributed by atoms with Gasteiger partial charge >= 0.3 is 5.97 Å². The Kier molecular flexibility index (Phi) is 5.99. The molecule has 138 valence electrons. The number of aromatic nitrogens is 1. The molecule has 0 radical (unpaired) electrons. The van der Waals surface area contributed by atoms with Crippen molar-refractivity contribution in [2.75, 3.05) is 19.7 Å². The van der Waals surface area contributed by atoms with Gasteiger partial charge in [-0.1, -0.05) is 6.07 Å². The first-order valence-electron chi connectivity index (χ1n) is 9.16. The van der Waals surface area contributed by atoms with Crippen LogP contribution in [0.15, 0.2) is 36.7 Å². The summed E-state index contributed by atoms with van der Waals surface area (Å²) in [7, 11) is 0. The fourth-order valence-electron chi connectivity index (χ4n) is 3.47. The van der Waals surface area contributed by atoms with E-state index in [1.165, 1.54) is 6.07 Å².